The van der Waals surface area contributed by atoms with Crippen molar-refractivity contribution >= 4 is 15.9 Å². The van der Waals surface area contributed by atoms with Crippen LogP contribution in [-0.4, -0.2) is 14.9 Å². The second-order valence-corrected chi connectivity index (χ2v) is 6.04. The molecule has 3 rings (SSSR count). The van der Waals surface area contributed by atoms with E-state index >= 15 is 0 Å². The van der Waals surface area contributed by atoms with E-state index in [0.29, 0.717) is 5.41 Å². The van der Waals surface area contributed by atoms with E-state index in [-0.39, 0.29) is 0 Å². The van der Waals surface area contributed by atoms with Crippen LogP contribution in [0, 0.1) is 12.3 Å². The molecule has 0 bridgehead atoms. The van der Waals surface area contributed by atoms with Crippen LogP contribution in [-0.2, 0) is 19.4 Å². The Balaban J connectivity index is 1.91. The number of hydrogen-bond acceptors (Lipinski definition) is 1. The SMILES string of the molecule is Cc1nc2c(n1CC1(CBr)CC1)CCCC2. The van der Waals surface area contributed by atoms with E-state index in [1.54, 1.807) is 0 Å². The number of imidazole rings is 1. The first-order valence-electron chi connectivity index (χ1n) is 6.35. The predicted octanol–water partition coefficient (Wildman–Crippen LogP) is 3.25. The first kappa shape index (κ1) is 10.8. The summed E-state index contributed by atoms with van der Waals surface area (Å²) in [6.45, 7) is 3.36. The van der Waals surface area contributed by atoms with Gasteiger partial charge < -0.3 is 4.57 Å². The van der Waals surface area contributed by atoms with Crippen molar-refractivity contribution in [2.24, 2.45) is 5.41 Å². The molecule has 1 heterocycles. The van der Waals surface area contributed by atoms with Crippen LogP contribution in [0.3, 0.4) is 0 Å². The van der Waals surface area contributed by atoms with E-state index in [9.17, 15) is 0 Å². The Labute approximate surface area is 106 Å². The van der Waals surface area contributed by atoms with E-state index in [4.69, 9.17) is 4.98 Å². The molecule has 0 amide bonds. The normalized spacial score (nSPS) is 21.9. The third-order valence-electron chi connectivity index (χ3n) is 4.16. The van der Waals surface area contributed by atoms with Gasteiger partial charge in [0.15, 0.2) is 0 Å². The van der Waals surface area contributed by atoms with E-state index in [0.717, 1.165) is 5.33 Å². The Hall–Kier alpha value is -0.310. The summed E-state index contributed by atoms with van der Waals surface area (Å²) >= 11 is 3.67. The molecule has 0 unspecified atom stereocenters. The fraction of sp³-hybridized carbons (Fsp3) is 0.769. The number of nitrogens with zero attached hydrogens (tertiary/aromatic N) is 2. The van der Waals surface area contributed by atoms with Gasteiger partial charge in [0.25, 0.3) is 0 Å². The lowest BCUT2D eigenvalue weighted by molar-refractivity contribution is 0.452. The van der Waals surface area contributed by atoms with Gasteiger partial charge in [-0.2, -0.15) is 0 Å². The van der Waals surface area contributed by atoms with Crippen LogP contribution in [0.25, 0.3) is 0 Å². The third-order valence-corrected chi connectivity index (χ3v) is 5.35. The standard InChI is InChI=1S/C13H19BrN2/c1-10-15-11-4-2-3-5-12(11)16(10)9-13(8-14)6-7-13/h2-9H2,1H3. The quantitative estimate of drug-likeness (QED) is 0.779. The van der Waals surface area contributed by atoms with Crippen LogP contribution in [0.2, 0.25) is 0 Å². The fourth-order valence-electron chi connectivity index (χ4n) is 2.79. The molecule has 1 fully saturated rings. The van der Waals surface area contributed by atoms with Crippen LogP contribution >= 0.6 is 15.9 Å². The second kappa shape index (κ2) is 3.86. The van der Waals surface area contributed by atoms with Crippen molar-refractivity contribution in [1.29, 1.82) is 0 Å². The molecule has 16 heavy (non-hydrogen) atoms. The lowest BCUT2D eigenvalue weighted by Gasteiger charge is -2.19. The number of alkyl halides is 1. The summed E-state index contributed by atoms with van der Waals surface area (Å²) in [4.78, 5) is 4.75. The van der Waals surface area contributed by atoms with Gasteiger partial charge in [0, 0.05) is 17.6 Å². The monoisotopic (exact) mass is 282 g/mol. The number of fused-ring (bicyclic) bond motifs is 1. The molecule has 0 saturated heterocycles. The van der Waals surface area contributed by atoms with Crippen molar-refractivity contribution in [1.82, 2.24) is 9.55 Å². The number of halogens is 1. The Bertz CT molecular complexity index is 404. The van der Waals surface area contributed by atoms with E-state index in [1.165, 1.54) is 62.3 Å². The van der Waals surface area contributed by atoms with Gasteiger partial charge in [0.1, 0.15) is 5.82 Å². The zero-order valence-electron chi connectivity index (χ0n) is 9.93. The minimum atomic E-state index is 0.552. The van der Waals surface area contributed by atoms with Crippen molar-refractivity contribution in [2.75, 3.05) is 5.33 Å². The Morgan fingerprint density at radius 1 is 1.31 bits per heavy atom. The average Bonchev–Trinajstić information content (AvgIpc) is 3.01. The molecule has 0 aliphatic heterocycles. The Morgan fingerprint density at radius 3 is 2.75 bits per heavy atom. The molecule has 2 nitrogen and oxygen atoms in total. The summed E-state index contributed by atoms with van der Waals surface area (Å²) in [5.74, 6) is 1.24. The molecule has 0 radical (unpaired) electrons. The highest BCUT2D eigenvalue weighted by Gasteiger charge is 2.42. The maximum atomic E-state index is 4.75. The average molecular weight is 283 g/mol. The highest BCUT2D eigenvalue weighted by molar-refractivity contribution is 9.09. The molecule has 88 valence electrons. The number of rotatable bonds is 3. The number of hydrogen-bond donors (Lipinski definition) is 0. The van der Waals surface area contributed by atoms with Gasteiger partial charge >= 0.3 is 0 Å². The molecule has 1 aromatic rings. The second-order valence-electron chi connectivity index (χ2n) is 5.48. The first-order valence-corrected chi connectivity index (χ1v) is 7.47. The zero-order valence-corrected chi connectivity index (χ0v) is 11.5. The minimum Gasteiger partial charge on any atom is -0.331 e. The van der Waals surface area contributed by atoms with Crippen LogP contribution in [0.1, 0.15) is 42.9 Å². The Morgan fingerprint density at radius 2 is 2.06 bits per heavy atom. The van der Waals surface area contributed by atoms with Gasteiger partial charge in [-0.25, -0.2) is 4.98 Å². The van der Waals surface area contributed by atoms with Crippen molar-refractivity contribution in [3.63, 3.8) is 0 Å². The van der Waals surface area contributed by atoms with E-state index in [1.807, 2.05) is 0 Å². The highest BCUT2D eigenvalue weighted by atomic mass is 79.9. The number of aromatic nitrogens is 2. The van der Waals surface area contributed by atoms with Gasteiger partial charge in [-0.15, -0.1) is 0 Å². The Kier molecular flexibility index (Phi) is 2.61. The maximum Gasteiger partial charge on any atom is 0.106 e. The largest absolute Gasteiger partial charge is 0.331 e. The van der Waals surface area contributed by atoms with Gasteiger partial charge in [-0.05, 0) is 50.9 Å². The lowest BCUT2D eigenvalue weighted by Crippen LogP contribution is -2.17. The maximum absolute atomic E-state index is 4.75. The van der Waals surface area contributed by atoms with Crippen molar-refractivity contribution < 1.29 is 0 Å². The molecular formula is C13H19BrN2. The highest BCUT2D eigenvalue weighted by Crippen LogP contribution is 2.49. The molecular weight excluding hydrogens is 264 g/mol. The summed E-state index contributed by atoms with van der Waals surface area (Å²) in [5, 5.41) is 1.15. The van der Waals surface area contributed by atoms with E-state index in [2.05, 4.69) is 27.4 Å². The van der Waals surface area contributed by atoms with Crippen LogP contribution in [0.4, 0.5) is 0 Å². The predicted molar refractivity (Wildman–Crippen MR) is 69.1 cm³/mol. The van der Waals surface area contributed by atoms with Crippen LogP contribution < -0.4 is 0 Å². The zero-order chi connectivity index (χ0) is 11.2. The molecule has 1 saturated carbocycles. The smallest absolute Gasteiger partial charge is 0.106 e. The third kappa shape index (κ3) is 1.73. The molecule has 2 aliphatic rings. The summed E-state index contributed by atoms with van der Waals surface area (Å²) in [7, 11) is 0. The van der Waals surface area contributed by atoms with Crippen LogP contribution in [0.15, 0.2) is 0 Å². The summed E-state index contributed by atoms with van der Waals surface area (Å²) < 4.78 is 2.50. The van der Waals surface area contributed by atoms with Crippen LogP contribution in [0.5, 0.6) is 0 Å². The molecule has 0 atom stereocenters. The molecule has 0 N–H and O–H groups in total. The molecule has 0 aromatic carbocycles. The van der Waals surface area contributed by atoms with Gasteiger partial charge in [0.2, 0.25) is 0 Å². The van der Waals surface area contributed by atoms with Crippen molar-refractivity contribution in [3.8, 4) is 0 Å². The summed E-state index contributed by atoms with van der Waals surface area (Å²) in [5.41, 5.74) is 3.47. The molecule has 1 aromatic heterocycles. The molecule has 0 spiro atoms. The fourth-order valence-corrected chi connectivity index (χ4v) is 3.53. The van der Waals surface area contributed by atoms with Gasteiger partial charge in [0.05, 0.1) is 5.69 Å². The summed E-state index contributed by atoms with van der Waals surface area (Å²) in [6, 6.07) is 0. The van der Waals surface area contributed by atoms with Gasteiger partial charge in [-0.3, -0.25) is 0 Å². The van der Waals surface area contributed by atoms with Crippen molar-refractivity contribution in [2.45, 2.75) is 52.0 Å². The minimum absolute atomic E-state index is 0.552. The lowest BCUT2D eigenvalue weighted by atomic mass is 10.0. The van der Waals surface area contributed by atoms with Gasteiger partial charge in [-0.1, -0.05) is 15.9 Å². The number of aryl methyl sites for hydroxylation is 2. The van der Waals surface area contributed by atoms with E-state index < -0.39 is 0 Å². The first-order chi connectivity index (χ1) is 7.74. The molecule has 2 aliphatic carbocycles. The topological polar surface area (TPSA) is 17.8 Å². The molecule has 3 heteroatoms. The summed E-state index contributed by atoms with van der Waals surface area (Å²) in [6.07, 6.45) is 7.88. The van der Waals surface area contributed by atoms with Crippen molar-refractivity contribution in [3.05, 3.63) is 17.2 Å².